The van der Waals surface area contributed by atoms with Crippen molar-refractivity contribution in [3.8, 4) is 17.3 Å². The quantitative estimate of drug-likeness (QED) is 0.380. The molecule has 1 fully saturated rings. The van der Waals surface area contributed by atoms with Crippen molar-refractivity contribution < 1.29 is 28.2 Å². The minimum Gasteiger partial charge on any atom is -0.481 e. The Hall–Kier alpha value is -3.92. The zero-order valence-electron chi connectivity index (χ0n) is 20.2. The average Bonchev–Trinajstić information content (AvgIpc) is 3.53. The number of ether oxygens (including phenoxy) is 3. The number of aromatic nitrogens is 3. The van der Waals surface area contributed by atoms with Crippen LogP contribution in [0.2, 0.25) is 0 Å². The molecule has 0 radical (unpaired) electrons. The molecule has 2 aromatic carbocycles. The zero-order valence-corrected chi connectivity index (χ0v) is 20.2. The largest absolute Gasteiger partial charge is 0.481 e. The van der Waals surface area contributed by atoms with E-state index < -0.39 is 11.8 Å². The first-order valence-electron chi connectivity index (χ1n) is 11.7. The lowest BCUT2D eigenvalue weighted by molar-refractivity contribution is -0.122. The highest BCUT2D eigenvalue weighted by molar-refractivity contribution is 6.08. The van der Waals surface area contributed by atoms with Crippen molar-refractivity contribution in [3.63, 3.8) is 0 Å². The van der Waals surface area contributed by atoms with Crippen molar-refractivity contribution in [2.24, 2.45) is 13.0 Å². The number of benzene rings is 2. The number of carbonyl (C=O) groups is 2. The van der Waals surface area contributed by atoms with Crippen LogP contribution in [0.15, 0.2) is 30.3 Å². The second-order valence-electron chi connectivity index (χ2n) is 9.27. The standard InChI is InChI=1S/C26H25FN4O5/c1-29-23-17(27)8-16(26(33)35-3)9-18(23)28-25(29)19-10-15-6-7-20-24(22(15)30(19)11-14-4-5-14)31(13-34-2)21(32)12-36-20/h6-10,14H,4-5,11-13H2,1-3H3. The van der Waals surface area contributed by atoms with E-state index in [2.05, 4.69) is 4.57 Å². The molecule has 2 aliphatic rings. The van der Waals surface area contributed by atoms with Gasteiger partial charge in [0.2, 0.25) is 0 Å². The number of fused-ring (bicyclic) bond motifs is 4. The summed E-state index contributed by atoms with van der Waals surface area (Å²) < 4.78 is 34.8. The molecule has 0 saturated heterocycles. The number of halogens is 1. The molecule has 0 spiro atoms. The van der Waals surface area contributed by atoms with Crippen LogP contribution >= 0.6 is 0 Å². The van der Waals surface area contributed by atoms with Crippen LogP contribution in [0.4, 0.5) is 10.1 Å². The van der Waals surface area contributed by atoms with Crippen LogP contribution in [0.5, 0.6) is 5.75 Å². The van der Waals surface area contributed by atoms with Crippen LogP contribution < -0.4 is 9.64 Å². The molecule has 1 aliphatic carbocycles. The van der Waals surface area contributed by atoms with Gasteiger partial charge in [-0.25, -0.2) is 14.2 Å². The van der Waals surface area contributed by atoms with E-state index in [4.69, 9.17) is 19.2 Å². The molecule has 1 saturated carbocycles. The summed E-state index contributed by atoms with van der Waals surface area (Å²) in [6, 6.07) is 8.52. The molecule has 0 unspecified atom stereocenters. The molecule has 10 heteroatoms. The Balaban J connectivity index is 1.61. The summed E-state index contributed by atoms with van der Waals surface area (Å²) in [5.41, 5.74) is 3.06. The van der Waals surface area contributed by atoms with Crippen molar-refractivity contribution in [2.45, 2.75) is 19.4 Å². The van der Waals surface area contributed by atoms with Gasteiger partial charge < -0.3 is 23.3 Å². The Morgan fingerprint density at radius 2 is 2.00 bits per heavy atom. The number of rotatable bonds is 6. The molecule has 1 amide bonds. The second kappa shape index (κ2) is 8.34. The normalized spacial score (nSPS) is 15.4. The molecule has 1 aliphatic heterocycles. The third-order valence-electron chi connectivity index (χ3n) is 6.89. The van der Waals surface area contributed by atoms with E-state index in [0.29, 0.717) is 34.2 Å². The molecule has 0 N–H and O–H groups in total. The molecule has 186 valence electrons. The number of hydrogen-bond acceptors (Lipinski definition) is 6. The van der Waals surface area contributed by atoms with Gasteiger partial charge in [-0.2, -0.15) is 0 Å². The SMILES string of the molecule is COCN1C(=O)COc2ccc3cc(-c4nc5cc(C(=O)OC)cc(F)c5n4C)n(CC4CC4)c3c21. The maximum atomic E-state index is 15.1. The lowest BCUT2D eigenvalue weighted by Crippen LogP contribution is -2.40. The molecule has 36 heavy (non-hydrogen) atoms. The van der Waals surface area contributed by atoms with E-state index >= 15 is 4.39 Å². The number of amides is 1. The number of esters is 1. The summed E-state index contributed by atoms with van der Waals surface area (Å²) in [6.07, 6.45) is 2.23. The first-order chi connectivity index (χ1) is 17.4. The van der Waals surface area contributed by atoms with Gasteiger partial charge in [0.05, 0.1) is 29.4 Å². The molecule has 0 atom stereocenters. The maximum Gasteiger partial charge on any atom is 0.338 e. The Morgan fingerprint density at radius 1 is 1.19 bits per heavy atom. The molecular weight excluding hydrogens is 467 g/mol. The molecule has 6 rings (SSSR count). The van der Waals surface area contributed by atoms with Gasteiger partial charge in [0.25, 0.3) is 5.91 Å². The molecular formula is C26H25FN4O5. The predicted octanol–water partition coefficient (Wildman–Crippen LogP) is 3.86. The van der Waals surface area contributed by atoms with Crippen LogP contribution in [0, 0.1) is 11.7 Å². The summed E-state index contributed by atoms with van der Waals surface area (Å²) in [4.78, 5) is 31.1. The highest BCUT2D eigenvalue weighted by Crippen LogP contribution is 2.44. The van der Waals surface area contributed by atoms with Crippen molar-refractivity contribution in [1.29, 1.82) is 0 Å². The van der Waals surface area contributed by atoms with Gasteiger partial charge in [-0.3, -0.25) is 9.69 Å². The fraction of sp³-hybridized carbons (Fsp3) is 0.346. The Labute approximate surface area is 206 Å². The fourth-order valence-electron chi connectivity index (χ4n) is 5.00. The number of aryl methyl sites for hydroxylation is 1. The van der Waals surface area contributed by atoms with E-state index in [0.717, 1.165) is 36.0 Å². The monoisotopic (exact) mass is 492 g/mol. The van der Waals surface area contributed by atoms with Gasteiger partial charge in [0.1, 0.15) is 29.5 Å². The highest BCUT2D eigenvalue weighted by atomic mass is 19.1. The topological polar surface area (TPSA) is 87.8 Å². The second-order valence-corrected chi connectivity index (χ2v) is 9.27. The minimum atomic E-state index is -0.625. The van der Waals surface area contributed by atoms with E-state index in [9.17, 15) is 9.59 Å². The van der Waals surface area contributed by atoms with Crippen LogP contribution in [0.1, 0.15) is 23.2 Å². The fourth-order valence-corrected chi connectivity index (χ4v) is 5.00. The molecule has 9 nitrogen and oxygen atoms in total. The van der Waals surface area contributed by atoms with Crippen LogP contribution in [0.25, 0.3) is 33.5 Å². The minimum absolute atomic E-state index is 0.0510. The Kier molecular flexibility index (Phi) is 5.22. The summed E-state index contributed by atoms with van der Waals surface area (Å²) in [6.45, 7) is 0.778. The van der Waals surface area contributed by atoms with Crippen molar-refractivity contribution in [3.05, 3.63) is 41.7 Å². The van der Waals surface area contributed by atoms with Crippen molar-refractivity contribution in [1.82, 2.24) is 14.1 Å². The lowest BCUT2D eigenvalue weighted by atomic mass is 10.1. The first-order valence-corrected chi connectivity index (χ1v) is 11.7. The Morgan fingerprint density at radius 3 is 2.72 bits per heavy atom. The van der Waals surface area contributed by atoms with Gasteiger partial charge in [-0.15, -0.1) is 0 Å². The number of methoxy groups -OCH3 is 2. The first kappa shape index (κ1) is 22.5. The van der Waals surface area contributed by atoms with Crippen LogP contribution in [-0.4, -0.2) is 53.6 Å². The number of anilines is 1. The molecule has 2 aromatic heterocycles. The van der Waals surface area contributed by atoms with E-state index in [1.807, 2.05) is 18.2 Å². The van der Waals surface area contributed by atoms with Gasteiger partial charge in [0.15, 0.2) is 12.4 Å². The smallest absolute Gasteiger partial charge is 0.338 e. The number of carbonyl (C=O) groups excluding carboxylic acids is 2. The van der Waals surface area contributed by atoms with Crippen molar-refractivity contribution in [2.75, 3.05) is 32.5 Å². The van der Waals surface area contributed by atoms with Gasteiger partial charge in [-0.1, -0.05) is 0 Å². The average molecular weight is 493 g/mol. The lowest BCUT2D eigenvalue weighted by Gasteiger charge is -2.30. The summed E-state index contributed by atoms with van der Waals surface area (Å²) in [7, 11) is 4.56. The third kappa shape index (κ3) is 3.43. The molecule has 3 heterocycles. The van der Waals surface area contributed by atoms with Crippen molar-refractivity contribution >= 4 is 39.5 Å². The van der Waals surface area contributed by atoms with E-state index in [1.54, 1.807) is 23.6 Å². The third-order valence-corrected chi connectivity index (χ3v) is 6.89. The van der Waals surface area contributed by atoms with E-state index in [1.165, 1.54) is 19.2 Å². The molecule has 4 aromatic rings. The van der Waals surface area contributed by atoms with Gasteiger partial charge >= 0.3 is 5.97 Å². The van der Waals surface area contributed by atoms with Gasteiger partial charge in [0, 0.05) is 26.1 Å². The van der Waals surface area contributed by atoms with E-state index in [-0.39, 0.29) is 24.8 Å². The predicted molar refractivity (Wildman–Crippen MR) is 131 cm³/mol. The summed E-state index contributed by atoms with van der Waals surface area (Å²) in [5, 5.41) is 0.909. The maximum absolute atomic E-state index is 15.1. The summed E-state index contributed by atoms with van der Waals surface area (Å²) in [5.74, 6) is 0.306. The van der Waals surface area contributed by atoms with Gasteiger partial charge in [-0.05, 0) is 49.1 Å². The number of nitrogens with zero attached hydrogens (tertiary/aromatic N) is 4. The Bertz CT molecular complexity index is 1550. The number of hydrogen-bond donors (Lipinski definition) is 0. The highest BCUT2D eigenvalue weighted by Gasteiger charge is 2.32. The number of imidazole rings is 1. The van der Waals surface area contributed by atoms with Crippen LogP contribution in [-0.2, 0) is 27.9 Å². The van der Waals surface area contributed by atoms with Crippen LogP contribution in [0.3, 0.4) is 0 Å². The summed E-state index contributed by atoms with van der Waals surface area (Å²) >= 11 is 0. The molecule has 0 bridgehead atoms. The zero-order chi connectivity index (χ0) is 25.1.